The number of carbonyl (C=O) groups excluding carboxylic acids is 1. The van der Waals surface area contributed by atoms with Gasteiger partial charge in [-0.15, -0.1) is 0 Å². The lowest BCUT2D eigenvalue weighted by atomic mass is 10.1. The standard InChI is InChI=1S/C25H27N5O/c1-19-16-20(2)30(27-19)15-9-14-26-25(31)23-18-29(17-21-10-5-3-6-11-21)28-24(23)22-12-7-4-8-13-22/h3-8,10-13,16,18H,9,14-15,17H2,1-2H3,(H,26,31). The number of benzene rings is 2. The Morgan fingerprint density at radius 3 is 2.35 bits per heavy atom. The van der Waals surface area contributed by atoms with Crippen molar-refractivity contribution in [1.82, 2.24) is 24.9 Å². The SMILES string of the molecule is Cc1cc(C)n(CCCNC(=O)c2cn(Cc3ccccc3)nc2-c2ccccc2)n1. The molecule has 0 unspecified atom stereocenters. The summed E-state index contributed by atoms with van der Waals surface area (Å²) in [5.41, 5.74) is 5.52. The van der Waals surface area contributed by atoms with Crippen LogP contribution < -0.4 is 5.32 Å². The molecule has 0 radical (unpaired) electrons. The Bertz CT molecular complexity index is 1150. The predicted molar refractivity (Wildman–Crippen MR) is 122 cm³/mol. The van der Waals surface area contributed by atoms with Crippen LogP contribution in [0.5, 0.6) is 0 Å². The van der Waals surface area contributed by atoms with Crippen LogP contribution in [0.25, 0.3) is 11.3 Å². The largest absolute Gasteiger partial charge is 0.352 e. The van der Waals surface area contributed by atoms with Gasteiger partial charge in [-0.25, -0.2) is 0 Å². The van der Waals surface area contributed by atoms with Crippen LogP contribution in [0.2, 0.25) is 0 Å². The number of aromatic nitrogens is 4. The molecule has 2 aromatic heterocycles. The van der Waals surface area contributed by atoms with E-state index in [1.165, 1.54) is 0 Å². The van der Waals surface area contributed by atoms with Crippen LogP contribution in [0.4, 0.5) is 0 Å². The number of nitrogens with zero attached hydrogens (tertiary/aromatic N) is 4. The fraction of sp³-hybridized carbons (Fsp3) is 0.240. The third-order valence-electron chi connectivity index (χ3n) is 5.18. The Kier molecular flexibility index (Phi) is 6.26. The van der Waals surface area contributed by atoms with Crippen LogP contribution in [0.1, 0.15) is 33.7 Å². The highest BCUT2D eigenvalue weighted by molar-refractivity contribution is 5.99. The predicted octanol–water partition coefficient (Wildman–Crippen LogP) is 4.23. The van der Waals surface area contributed by atoms with Gasteiger partial charge in [0.25, 0.3) is 5.91 Å². The summed E-state index contributed by atoms with van der Waals surface area (Å²) in [4.78, 5) is 13.0. The molecule has 4 rings (SSSR count). The molecule has 2 aromatic carbocycles. The van der Waals surface area contributed by atoms with Gasteiger partial charge in [0.2, 0.25) is 0 Å². The summed E-state index contributed by atoms with van der Waals surface area (Å²) in [6, 6.07) is 22.0. The van der Waals surface area contributed by atoms with E-state index in [1.807, 2.05) is 77.9 Å². The van der Waals surface area contributed by atoms with Crippen LogP contribution in [-0.2, 0) is 13.1 Å². The van der Waals surface area contributed by atoms with Gasteiger partial charge in [0.1, 0.15) is 5.69 Å². The molecule has 6 nitrogen and oxygen atoms in total. The smallest absolute Gasteiger partial charge is 0.255 e. The van der Waals surface area contributed by atoms with Gasteiger partial charge in [0.05, 0.1) is 17.8 Å². The van der Waals surface area contributed by atoms with Crippen LogP contribution in [0.15, 0.2) is 72.9 Å². The van der Waals surface area contributed by atoms with E-state index in [9.17, 15) is 4.79 Å². The summed E-state index contributed by atoms with van der Waals surface area (Å²) in [6.07, 6.45) is 2.65. The van der Waals surface area contributed by atoms with Crippen LogP contribution >= 0.6 is 0 Å². The Morgan fingerprint density at radius 2 is 1.68 bits per heavy atom. The third-order valence-corrected chi connectivity index (χ3v) is 5.18. The van der Waals surface area contributed by atoms with E-state index in [-0.39, 0.29) is 5.91 Å². The number of hydrogen-bond donors (Lipinski definition) is 1. The summed E-state index contributed by atoms with van der Waals surface area (Å²) in [6.45, 7) is 6.01. The number of aryl methyl sites for hydroxylation is 3. The van der Waals surface area contributed by atoms with Gasteiger partial charge >= 0.3 is 0 Å². The number of amides is 1. The van der Waals surface area contributed by atoms with Crippen molar-refractivity contribution in [1.29, 1.82) is 0 Å². The van der Waals surface area contributed by atoms with E-state index in [0.29, 0.717) is 24.3 Å². The number of nitrogens with one attached hydrogen (secondary N) is 1. The normalized spacial score (nSPS) is 10.9. The summed E-state index contributed by atoms with van der Waals surface area (Å²) < 4.78 is 3.82. The van der Waals surface area contributed by atoms with Gasteiger partial charge in [-0.05, 0) is 31.9 Å². The lowest BCUT2D eigenvalue weighted by Crippen LogP contribution is -2.25. The Balaban J connectivity index is 1.47. The zero-order valence-corrected chi connectivity index (χ0v) is 18.0. The molecule has 0 atom stereocenters. The van der Waals surface area contributed by atoms with E-state index in [4.69, 9.17) is 5.10 Å². The topological polar surface area (TPSA) is 64.7 Å². The highest BCUT2D eigenvalue weighted by Gasteiger charge is 2.18. The minimum absolute atomic E-state index is 0.105. The van der Waals surface area contributed by atoms with Gasteiger partial charge in [0.15, 0.2) is 0 Å². The second-order valence-corrected chi connectivity index (χ2v) is 7.70. The monoisotopic (exact) mass is 413 g/mol. The number of hydrogen-bond acceptors (Lipinski definition) is 3. The molecular weight excluding hydrogens is 386 g/mol. The molecule has 0 aliphatic rings. The van der Waals surface area contributed by atoms with Gasteiger partial charge in [-0.2, -0.15) is 10.2 Å². The van der Waals surface area contributed by atoms with Crippen LogP contribution in [-0.4, -0.2) is 32.0 Å². The first-order valence-electron chi connectivity index (χ1n) is 10.6. The average Bonchev–Trinajstić information content (AvgIpc) is 3.35. The highest BCUT2D eigenvalue weighted by atomic mass is 16.1. The van der Waals surface area contributed by atoms with Crippen molar-refractivity contribution >= 4 is 5.91 Å². The van der Waals surface area contributed by atoms with Crippen molar-refractivity contribution in [3.05, 3.63) is 95.4 Å². The molecule has 0 aliphatic carbocycles. The molecule has 0 spiro atoms. The minimum atomic E-state index is -0.105. The zero-order chi connectivity index (χ0) is 21.6. The molecule has 1 amide bonds. The molecule has 0 saturated heterocycles. The van der Waals surface area contributed by atoms with E-state index >= 15 is 0 Å². The molecule has 0 aliphatic heterocycles. The Hall–Kier alpha value is -3.67. The summed E-state index contributed by atoms with van der Waals surface area (Å²) in [5, 5.41) is 12.3. The molecule has 31 heavy (non-hydrogen) atoms. The van der Waals surface area contributed by atoms with E-state index in [2.05, 4.69) is 28.6 Å². The van der Waals surface area contributed by atoms with Crippen LogP contribution in [0, 0.1) is 13.8 Å². The zero-order valence-electron chi connectivity index (χ0n) is 18.0. The summed E-state index contributed by atoms with van der Waals surface area (Å²) >= 11 is 0. The molecule has 1 N–H and O–H groups in total. The number of rotatable bonds is 8. The maximum Gasteiger partial charge on any atom is 0.255 e. The van der Waals surface area contributed by atoms with Crippen molar-refractivity contribution in [2.75, 3.05) is 6.54 Å². The maximum atomic E-state index is 13.0. The molecule has 4 aromatic rings. The van der Waals surface area contributed by atoms with Gasteiger partial charge < -0.3 is 5.32 Å². The Labute approximate surface area is 182 Å². The van der Waals surface area contributed by atoms with Gasteiger partial charge in [-0.1, -0.05) is 60.7 Å². The second-order valence-electron chi connectivity index (χ2n) is 7.70. The van der Waals surface area contributed by atoms with E-state index in [1.54, 1.807) is 0 Å². The molecule has 2 heterocycles. The maximum absolute atomic E-state index is 13.0. The average molecular weight is 414 g/mol. The van der Waals surface area contributed by atoms with E-state index < -0.39 is 0 Å². The van der Waals surface area contributed by atoms with Gasteiger partial charge in [0, 0.05) is 30.5 Å². The molecule has 6 heteroatoms. The second kappa shape index (κ2) is 9.43. The van der Waals surface area contributed by atoms with Crippen molar-refractivity contribution < 1.29 is 4.79 Å². The fourth-order valence-corrected chi connectivity index (χ4v) is 3.68. The van der Waals surface area contributed by atoms with Crippen molar-refractivity contribution in [2.45, 2.75) is 33.4 Å². The first kappa shape index (κ1) is 20.6. The molecule has 0 fully saturated rings. The molecule has 0 bridgehead atoms. The summed E-state index contributed by atoms with van der Waals surface area (Å²) in [7, 11) is 0. The van der Waals surface area contributed by atoms with Crippen molar-refractivity contribution in [2.24, 2.45) is 0 Å². The van der Waals surface area contributed by atoms with E-state index in [0.717, 1.165) is 35.5 Å². The third kappa shape index (κ3) is 5.09. The lowest BCUT2D eigenvalue weighted by Gasteiger charge is -2.07. The van der Waals surface area contributed by atoms with Crippen molar-refractivity contribution in [3.8, 4) is 11.3 Å². The quantitative estimate of drug-likeness (QED) is 0.440. The van der Waals surface area contributed by atoms with Crippen LogP contribution in [0.3, 0.4) is 0 Å². The van der Waals surface area contributed by atoms with Crippen molar-refractivity contribution in [3.63, 3.8) is 0 Å². The molecular formula is C25H27N5O. The summed E-state index contributed by atoms with van der Waals surface area (Å²) in [5.74, 6) is -0.105. The molecule has 0 saturated carbocycles. The highest BCUT2D eigenvalue weighted by Crippen LogP contribution is 2.22. The molecule has 158 valence electrons. The fourth-order valence-electron chi connectivity index (χ4n) is 3.68. The first-order valence-corrected chi connectivity index (χ1v) is 10.6. The lowest BCUT2D eigenvalue weighted by molar-refractivity contribution is 0.0953. The first-order chi connectivity index (χ1) is 15.1. The Morgan fingerprint density at radius 1 is 0.968 bits per heavy atom. The number of carbonyl (C=O) groups is 1. The van der Waals surface area contributed by atoms with Gasteiger partial charge in [-0.3, -0.25) is 14.2 Å². The minimum Gasteiger partial charge on any atom is -0.352 e.